The Kier molecular flexibility index (Phi) is 5.45. The molecule has 0 saturated heterocycles. The SMILES string of the molecule is CC(C)(O)c1cccc(-c2ccc(-c3cc(C(F)(F)F)nn3-c3ccccc3Cl)s2)c1. The molecule has 160 valence electrons. The summed E-state index contributed by atoms with van der Waals surface area (Å²) < 4.78 is 41.5. The van der Waals surface area contributed by atoms with Gasteiger partial charge in [-0.3, -0.25) is 0 Å². The molecule has 4 rings (SSSR count). The van der Waals surface area contributed by atoms with Crippen LogP contribution in [0.3, 0.4) is 0 Å². The van der Waals surface area contributed by atoms with Crippen LogP contribution in [-0.4, -0.2) is 14.9 Å². The second-order valence-corrected chi connectivity index (χ2v) is 9.07. The average molecular weight is 463 g/mol. The van der Waals surface area contributed by atoms with Crippen LogP contribution in [-0.2, 0) is 11.8 Å². The van der Waals surface area contributed by atoms with E-state index in [4.69, 9.17) is 11.6 Å². The Morgan fingerprint density at radius 1 is 0.935 bits per heavy atom. The van der Waals surface area contributed by atoms with Crippen LogP contribution in [0.15, 0.2) is 66.7 Å². The van der Waals surface area contributed by atoms with Crippen molar-refractivity contribution in [3.05, 3.63) is 83.0 Å². The first-order valence-electron chi connectivity index (χ1n) is 9.40. The number of hydrogen-bond acceptors (Lipinski definition) is 3. The molecule has 4 aromatic rings. The molecule has 3 nitrogen and oxygen atoms in total. The van der Waals surface area contributed by atoms with Gasteiger partial charge in [0.05, 0.1) is 26.9 Å². The van der Waals surface area contributed by atoms with Crippen LogP contribution in [0.2, 0.25) is 5.02 Å². The number of aliphatic hydroxyl groups is 1. The van der Waals surface area contributed by atoms with Crippen LogP contribution < -0.4 is 0 Å². The van der Waals surface area contributed by atoms with E-state index in [1.165, 1.54) is 16.0 Å². The van der Waals surface area contributed by atoms with Crippen LogP contribution in [0.1, 0.15) is 25.1 Å². The summed E-state index contributed by atoms with van der Waals surface area (Å²) >= 11 is 7.58. The number of rotatable bonds is 4. The summed E-state index contributed by atoms with van der Waals surface area (Å²) in [6, 6.07) is 18.7. The fourth-order valence-corrected chi connectivity index (χ4v) is 4.41. The summed E-state index contributed by atoms with van der Waals surface area (Å²) in [4.78, 5) is 1.48. The molecule has 31 heavy (non-hydrogen) atoms. The van der Waals surface area contributed by atoms with Gasteiger partial charge >= 0.3 is 6.18 Å². The van der Waals surface area contributed by atoms with Crippen molar-refractivity contribution < 1.29 is 18.3 Å². The molecule has 2 aromatic carbocycles. The zero-order valence-electron chi connectivity index (χ0n) is 16.6. The smallest absolute Gasteiger partial charge is 0.386 e. The lowest BCUT2D eigenvalue weighted by molar-refractivity contribution is -0.141. The average Bonchev–Trinajstić information content (AvgIpc) is 3.35. The predicted molar refractivity (Wildman–Crippen MR) is 118 cm³/mol. The second kappa shape index (κ2) is 7.82. The number of hydrogen-bond donors (Lipinski definition) is 1. The van der Waals surface area contributed by atoms with Crippen LogP contribution in [0, 0.1) is 0 Å². The molecule has 1 N–H and O–H groups in total. The van der Waals surface area contributed by atoms with Crippen molar-refractivity contribution >= 4 is 22.9 Å². The number of halogens is 4. The van der Waals surface area contributed by atoms with E-state index in [1.807, 2.05) is 30.3 Å². The first kappa shape index (κ1) is 21.6. The van der Waals surface area contributed by atoms with Gasteiger partial charge < -0.3 is 5.11 Å². The largest absolute Gasteiger partial charge is 0.435 e. The van der Waals surface area contributed by atoms with Gasteiger partial charge in [-0.25, -0.2) is 4.68 Å². The van der Waals surface area contributed by atoms with Gasteiger partial charge in [0.25, 0.3) is 0 Å². The summed E-state index contributed by atoms with van der Waals surface area (Å²) in [5.74, 6) is 0. The highest BCUT2D eigenvalue weighted by Crippen LogP contribution is 2.39. The lowest BCUT2D eigenvalue weighted by atomic mass is 9.96. The summed E-state index contributed by atoms with van der Waals surface area (Å²) in [6.07, 6.45) is -4.58. The summed E-state index contributed by atoms with van der Waals surface area (Å²) in [7, 11) is 0. The van der Waals surface area contributed by atoms with E-state index in [1.54, 1.807) is 44.2 Å². The molecule has 0 unspecified atom stereocenters. The summed E-state index contributed by atoms with van der Waals surface area (Å²) in [5.41, 5.74) is 0.307. The van der Waals surface area contributed by atoms with E-state index in [0.29, 0.717) is 21.3 Å². The molecule has 0 saturated carbocycles. The maximum Gasteiger partial charge on any atom is 0.435 e. The van der Waals surface area contributed by atoms with Gasteiger partial charge in [0.15, 0.2) is 5.69 Å². The quantitative estimate of drug-likeness (QED) is 0.349. The molecule has 2 aromatic heterocycles. The predicted octanol–water partition coefficient (Wildman–Crippen LogP) is 7.17. The molecule has 0 fully saturated rings. The molecule has 0 aliphatic rings. The third-order valence-corrected chi connectivity index (χ3v) is 6.27. The topological polar surface area (TPSA) is 38.1 Å². The number of aromatic nitrogens is 2. The highest BCUT2D eigenvalue weighted by atomic mass is 35.5. The van der Waals surface area contributed by atoms with Crippen molar-refractivity contribution in [3.8, 4) is 26.7 Å². The lowest BCUT2D eigenvalue weighted by Crippen LogP contribution is -2.15. The van der Waals surface area contributed by atoms with Crippen LogP contribution in [0.5, 0.6) is 0 Å². The Balaban J connectivity index is 1.82. The van der Waals surface area contributed by atoms with E-state index in [9.17, 15) is 18.3 Å². The van der Waals surface area contributed by atoms with E-state index >= 15 is 0 Å². The van der Waals surface area contributed by atoms with Crippen molar-refractivity contribution in [2.24, 2.45) is 0 Å². The lowest BCUT2D eigenvalue weighted by Gasteiger charge is -2.18. The maximum atomic E-state index is 13.4. The van der Waals surface area contributed by atoms with Crippen molar-refractivity contribution in [3.63, 3.8) is 0 Å². The second-order valence-electron chi connectivity index (χ2n) is 7.58. The number of para-hydroxylation sites is 1. The third-order valence-electron chi connectivity index (χ3n) is 4.79. The van der Waals surface area contributed by atoms with Gasteiger partial charge in [0.1, 0.15) is 0 Å². The number of nitrogens with zero attached hydrogens (tertiary/aromatic N) is 2. The number of alkyl halides is 3. The minimum atomic E-state index is -4.58. The zero-order valence-corrected chi connectivity index (χ0v) is 18.2. The van der Waals surface area contributed by atoms with E-state index in [0.717, 1.165) is 22.1 Å². The first-order chi connectivity index (χ1) is 14.5. The number of thiophene rings is 1. The van der Waals surface area contributed by atoms with Crippen LogP contribution >= 0.6 is 22.9 Å². The molecule has 0 aliphatic carbocycles. The van der Waals surface area contributed by atoms with Gasteiger partial charge in [-0.1, -0.05) is 41.9 Å². The Labute approximate surface area is 186 Å². The molecule has 2 heterocycles. The highest BCUT2D eigenvalue weighted by Gasteiger charge is 2.35. The molecule has 0 bridgehead atoms. The molecule has 0 atom stereocenters. The third kappa shape index (κ3) is 4.39. The minimum absolute atomic E-state index is 0.301. The van der Waals surface area contributed by atoms with Crippen molar-refractivity contribution in [2.75, 3.05) is 0 Å². The minimum Gasteiger partial charge on any atom is -0.386 e. The van der Waals surface area contributed by atoms with Gasteiger partial charge in [0, 0.05) is 4.88 Å². The normalized spacial score (nSPS) is 12.4. The van der Waals surface area contributed by atoms with Crippen molar-refractivity contribution in [2.45, 2.75) is 25.6 Å². The Bertz CT molecular complexity index is 1240. The Hall–Kier alpha value is -2.61. The van der Waals surface area contributed by atoms with Crippen molar-refractivity contribution in [1.29, 1.82) is 0 Å². The highest BCUT2D eigenvalue weighted by molar-refractivity contribution is 7.18. The Morgan fingerprint density at radius 2 is 1.65 bits per heavy atom. The van der Waals surface area contributed by atoms with Crippen molar-refractivity contribution in [1.82, 2.24) is 9.78 Å². The number of benzene rings is 2. The first-order valence-corrected chi connectivity index (χ1v) is 10.6. The van der Waals surface area contributed by atoms with E-state index in [2.05, 4.69) is 5.10 Å². The van der Waals surface area contributed by atoms with Crippen LogP contribution in [0.4, 0.5) is 13.2 Å². The molecule has 0 amide bonds. The fourth-order valence-electron chi connectivity index (χ4n) is 3.19. The maximum absolute atomic E-state index is 13.4. The fraction of sp³-hybridized carbons (Fsp3) is 0.174. The molecular formula is C23H18ClF3N2OS. The van der Waals surface area contributed by atoms with Gasteiger partial charge in [0.2, 0.25) is 0 Å². The van der Waals surface area contributed by atoms with E-state index < -0.39 is 17.5 Å². The standard InChI is InChI=1S/C23H18ClF3N2OS/c1-22(2,30)15-7-5-6-14(12-15)19-10-11-20(31-19)18-13-21(23(25,26)27)28-29(18)17-9-4-3-8-16(17)24/h3-13,30H,1-2H3. The monoisotopic (exact) mass is 462 g/mol. The van der Waals surface area contributed by atoms with Crippen LogP contribution in [0.25, 0.3) is 26.7 Å². The summed E-state index contributed by atoms with van der Waals surface area (Å²) in [6.45, 7) is 3.40. The van der Waals surface area contributed by atoms with Gasteiger partial charge in [-0.05, 0) is 61.4 Å². The Morgan fingerprint density at radius 3 is 2.32 bits per heavy atom. The van der Waals surface area contributed by atoms with Gasteiger partial charge in [-0.15, -0.1) is 11.3 Å². The van der Waals surface area contributed by atoms with Gasteiger partial charge in [-0.2, -0.15) is 18.3 Å². The molecule has 0 radical (unpaired) electrons. The molecular weight excluding hydrogens is 445 g/mol. The van der Waals surface area contributed by atoms with E-state index in [-0.39, 0.29) is 0 Å². The summed E-state index contributed by atoms with van der Waals surface area (Å²) in [5, 5.41) is 14.4. The molecule has 8 heteroatoms. The zero-order chi connectivity index (χ0) is 22.4. The molecule has 0 aliphatic heterocycles. The molecule has 0 spiro atoms.